The van der Waals surface area contributed by atoms with Crippen molar-refractivity contribution < 1.29 is 8.42 Å². The third kappa shape index (κ3) is 2.68. The lowest BCUT2D eigenvalue weighted by molar-refractivity contribution is 0.286. The van der Waals surface area contributed by atoms with Crippen molar-refractivity contribution in [1.82, 2.24) is 4.31 Å². The van der Waals surface area contributed by atoms with E-state index >= 15 is 0 Å². The Kier molecular flexibility index (Phi) is 3.74. The van der Waals surface area contributed by atoms with Gasteiger partial charge in [-0.2, -0.15) is 0 Å². The van der Waals surface area contributed by atoms with Gasteiger partial charge in [-0.25, -0.2) is 12.7 Å². The van der Waals surface area contributed by atoms with Crippen LogP contribution in [0.15, 0.2) is 0 Å². The van der Waals surface area contributed by atoms with Crippen molar-refractivity contribution in [3.8, 4) is 0 Å². The molecule has 78 valence electrons. The molecule has 1 aliphatic carbocycles. The van der Waals surface area contributed by atoms with Crippen molar-refractivity contribution in [2.75, 3.05) is 12.8 Å². The molecule has 0 atom stereocenters. The molecule has 4 heteroatoms. The van der Waals surface area contributed by atoms with E-state index in [1.807, 2.05) is 0 Å². The van der Waals surface area contributed by atoms with Crippen LogP contribution in [0.25, 0.3) is 0 Å². The van der Waals surface area contributed by atoms with Crippen LogP contribution >= 0.6 is 0 Å². The SMILES string of the molecule is CCS(=O)(=O)N(C)C1CCCCC1. The minimum absolute atomic E-state index is 0.222. The van der Waals surface area contributed by atoms with E-state index in [0.717, 1.165) is 12.8 Å². The van der Waals surface area contributed by atoms with Gasteiger partial charge in [-0.15, -0.1) is 0 Å². The summed E-state index contributed by atoms with van der Waals surface area (Å²) < 4.78 is 24.6. The standard InChI is InChI=1S/C9H19NO2S/c1-3-13(11,12)10(2)9-7-5-4-6-8-9/h9H,3-8H2,1-2H3. The van der Waals surface area contributed by atoms with Gasteiger partial charge >= 0.3 is 0 Å². The Balaban J connectivity index is 2.60. The first-order valence-corrected chi connectivity index (χ1v) is 6.64. The van der Waals surface area contributed by atoms with E-state index in [4.69, 9.17) is 0 Å². The molecule has 1 fully saturated rings. The molecule has 1 rings (SSSR count). The van der Waals surface area contributed by atoms with Gasteiger partial charge in [0.25, 0.3) is 0 Å². The molecule has 13 heavy (non-hydrogen) atoms. The fourth-order valence-electron chi connectivity index (χ4n) is 1.88. The number of rotatable bonds is 3. The highest BCUT2D eigenvalue weighted by Gasteiger charge is 2.25. The summed E-state index contributed by atoms with van der Waals surface area (Å²) in [6.45, 7) is 1.70. The highest BCUT2D eigenvalue weighted by Crippen LogP contribution is 2.23. The van der Waals surface area contributed by atoms with E-state index < -0.39 is 10.0 Å². The van der Waals surface area contributed by atoms with Gasteiger partial charge in [0, 0.05) is 13.1 Å². The second-order valence-corrected chi connectivity index (χ2v) is 6.03. The Bertz CT molecular complexity index is 242. The van der Waals surface area contributed by atoms with Crippen molar-refractivity contribution in [3.05, 3.63) is 0 Å². The monoisotopic (exact) mass is 205 g/mol. The van der Waals surface area contributed by atoms with Crippen molar-refractivity contribution in [2.24, 2.45) is 0 Å². The van der Waals surface area contributed by atoms with Crippen molar-refractivity contribution >= 4 is 10.0 Å². The first-order chi connectivity index (χ1) is 6.08. The smallest absolute Gasteiger partial charge is 0.212 e. The molecule has 0 radical (unpaired) electrons. The molecule has 0 unspecified atom stereocenters. The van der Waals surface area contributed by atoms with Crippen LogP contribution in [0.3, 0.4) is 0 Å². The van der Waals surface area contributed by atoms with Crippen LogP contribution in [-0.2, 0) is 10.0 Å². The summed E-state index contributed by atoms with van der Waals surface area (Å²) in [6, 6.07) is 0.263. The molecular weight excluding hydrogens is 186 g/mol. The molecule has 0 bridgehead atoms. The lowest BCUT2D eigenvalue weighted by Crippen LogP contribution is -2.39. The van der Waals surface area contributed by atoms with Crippen LogP contribution < -0.4 is 0 Å². The van der Waals surface area contributed by atoms with E-state index in [9.17, 15) is 8.42 Å². The molecule has 0 N–H and O–H groups in total. The maximum absolute atomic E-state index is 11.5. The predicted molar refractivity (Wildman–Crippen MR) is 54.1 cm³/mol. The third-order valence-electron chi connectivity index (χ3n) is 2.89. The van der Waals surface area contributed by atoms with Gasteiger partial charge in [-0.1, -0.05) is 19.3 Å². The van der Waals surface area contributed by atoms with E-state index in [2.05, 4.69) is 0 Å². The second kappa shape index (κ2) is 4.42. The Morgan fingerprint density at radius 2 is 1.77 bits per heavy atom. The van der Waals surface area contributed by atoms with Crippen LogP contribution in [0.4, 0.5) is 0 Å². The van der Waals surface area contributed by atoms with E-state index in [0.29, 0.717) is 0 Å². The first kappa shape index (κ1) is 11.0. The Morgan fingerprint density at radius 1 is 1.23 bits per heavy atom. The lowest BCUT2D eigenvalue weighted by atomic mass is 9.96. The molecule has 0 aromatic heterocycles. The zero-order valence-corrected chi connectivity index (χ0v) is 9.31. The molecule has 3 nitrogen and oxygen atoms in total. The predicted octanol–water partition coefficient (Wildman–Crippen LogP) is 1.60. The minimum Gasteiger partial charge on any atom is -0.212 e. The summed E-state index contributed by atoms with van der Waals surface area (Å²) in [7, 11) is -1.25. The Hall–Kier alpha value is -0.0900. The topological polar surface area (TPSA) is 37.4 Å². The van der Waals surface area contributed by atoms with Crippen molar-refractivity contribution in [1.29, 1.82) is 0 Å². The maximum atomic E-state index is 11.5. The number of hydrogen-bond donors (Lipinski definition) is 0. The Labute approximate surface area is 81.2 Å². The molecule has 0 saturated heterocycles. The summed E-state index contributed by atoms with van der Waals surface area (Å²) in [6.07, 6.45) is 5.68. The van der Waals surface area contributed by atoms with Gasteiger partial charge in [0.2, 0.25) is 10.0 Å². The molecule has 1 saturated carbocycles. The average Bonchev–Trinajstić information content (AvgIpc) is 2.18. The molecule has 0 spiro atoms. The highest BCUT2D eigenvalue weighted by atomic mass is 32.2. The molecule has 1 aliphatic rings. The van der Waals surface area contributed by atoms with Crippen LogP contribution in [0.1, 0.15) is 39.0 Å². The van der Waals surface area contributed by atoms with Crippen molar-refractivity contribution in [2.45, 2.75) is 45.1 Å². The van der Waals surface area contributed by atoms with E-state index in [1.54, 1.807) is 18.3 Å². The molecule has 0 aromatic rings. The molecular formula is C9H19NO2S. The number of hydrogen-bond acceptors (Lipinski definition) is 2. The molecule has 0 amide bonds. The van der Waals surface area contributed by atoms with Crippen LogP contribution in [-0.4, -0.2) is 31.6 Å². The number of sulfonamides is 1. The van der Waals surface area contributed by atoms with Gasteiger partial charge in [0.1, 0.15) is 0 Å². The van der Waals surface area contributed by atoms with Crippen LogP contribution in [0.5, 0.6) is 0 Å². The Morgan fingerprint density at radius 3 is 2.23 bits per heavy atom. The molecule has 0 aliphatic heterocycles. The minimum atomic E-state index is -2.96. The normalized spacial score (nSPS) is 20.8. The molecule has 0 aromatic carbocycles. The van der Waals surface area contributed by atoms with Gasteiger partial charge in [-0.3, -0.25) is 0 Å². The average molecular weight is 205 g/mol. The summed E-state index contributed by atoms with van der Waals surface area (Å²) in [5.74, 6) is 0.222. The van der Waals surface area contributed by atoms with Crippen LogP contribution in [0, 0.1) is 0 Å². The number of nitrogens with zero attached hydrogens (tertiary/aromatic N) is 1. The third-order valence-corrected chi connectivity index (χ3v) is 4.80. The van der Waals surface area contributed by atoms with Gasteiger partial charge in [-0.05, 0) is 19.8 Å². The quantitative estimate of drug-likeness (QED) is 0.702. The van der Waals surface area contributed by atoms with Gasteiger partial charge in [0.15, 0.2) is 0 Å². The van der Waals surface area contributed by atoms with Crippen molar-refractivity contribution in [3.63, 3.8) is 0 Å². The van der Waals surface area contributed by atoms with Gasteiger partial charge in [0.05, 0.1) is 5.75 Å². The maximum Gasteiger partial charge on any atom is 0.213 e. The van der Waals surface area contributed by atoms with Gasteiger partial charge < -0.3 is 0 Å². The first-order valence-electron chi connectivity index (χ1n) is 5.03. The molecule has 0 heterocycles. The summed E-state index contributed by atoms with van der Waals surface area (Å²) in [5, 5.41) is 0. The summed E-state index contributed by atoms with van der Waals surface area (Å²) >= 11 is 0. The second-order valence-electron chi connectivity index (χ2n) is 3.71. The van der Waals surface area contributed by atoms with Crippen LogP contribution in [0.2, 0.25) is 0 Å². The zero-order valence-electron chi connectivity index (χ0n) is 8.49. The summed E-state index contributed by atoms with van der Waals surface area (Å²) in [4.78, 5) is 0. The zero-order chi connectivity index (χ0) is 9.90. The highest BCUT2D eigenvalue weighted by molar-refractivity contribution is 7.89. The summed E-state index contributed by atoms with van der Waals surface area (Å²) in [5.41, 5.74) is 0. The fraction of sp³-hybridized carbons (Fsp3) is 1.00. The van der Waals surface area contributed by atoms with E-state index in [1.165, 1.54) is 19.3 Å². The fourth-order valence-corrected chi connectivity index (χ4v) is 2.95. The lowest BCUT2D eigenvalue weighted by Gasteiger charge is -2.29. The largest absolute Gasteiger partial charge is 0.213 e. The van der Waals surface area contributed by atoms with E-state index in [-0.39, 0.29) is 11.8 Å².